The van der Waals surface area contributed by atoms with Crippen molar-refractivity contribution in [2.24, 2.45) is 56.7 Å². The summed E-state index contributed by atoms with van der Waals surface area (Å²) in [5.41, 5.74) is 2.27. The molecule has 290 valence electrons. The molecule has 1 aromatic rings. The minimum Gasteiger partial charge on any atom is -0.465 e. The molecule has 0 amide bonds. The molecule has 53 heavy (non-hydrogen) atoms. The highest BCUT2D eigenvalue weighted by atomic mass is 16.6. The third kappa shape index (κ3) is 6.68. The van der Waals surface area contributed by atoms with Crippen LogP contribution >= 0.6 is 0 Å². The van der Waals surface area contributed by atoms with Crippen molar-refractivity contribution >= 4 is 30.0 Å². The Balaban J connectivity index is 1.19. The summed E-state index contributed by atoms with van der Waals surface area (Å²) in [6.07, 6.45) is 14.0. The summed E-state index contributed by atoms with van der Waals surface area (Å²) < 4.78 is 22.5. The van der Waals surface area contributed by atoms with E-state index >= 15 is 0 Å². The molecule has 0 heterocycles. The van der Waals surface area contributed by atoms with Crippen molar-refractivity contribution in [3.05, 3.63) is 42.0 Å². The molecule has 10 atom stereocenters. The lowest BCUT2D eigenvalue weighted by atomic mass is 9.32. The first-order chi connectivity index (χ1) is 24.8. The molecule has 0 spiro atoms. The van der Waals surface area contributed by atoms with Crippen LogP contribution in [-0.4, -0.2) is 36.6 Å². The number of allylic oxidation sites excluding steroid dienone is 1. The average molecular weight is 731 g/mol. The van der Waals surface area contributed by atoms with Crippen molar-refractivity contribution < 1.29 is 38.1 Å². The van der Waals surface area contributed by atoms with Crippen LogP contribution in [0.4, 0.5) is 0 Å². The summed E-state index contributed by atoms with van der Waals surface area (Å²) in [5.74, 6) is 1.17. The van der Waals surface area contributed by atoms with Crippen molar-refractivity contribution in [1.82, 2.24) is 0 Å². The lowest BCUT2D eigenvalue weighted by molar-refractivity contribution is -0.251. The molecule has 1 aromatic carbocycles. The largest absolute Gasteiger partial charge is 0.465 e. The summed E-state index contributed by atoms with van der Waals surface area (Å²) in [7, 11) is 0. The first-order valence-electron chi connectivity index (χ1n) is 20.0. The molecule has 6 rings (SSSR count). The van der Waals surface area contributed by atoms with Gasteiger partial charge in [0.15, 0.2) is 11.5 Å². The Morgan fingerprint density at radius 2 is 1.45 bits per heavy atom. The Morgan fingerprint density at radius 3 is 2.11 bits per heavy atom. The fourth-order valence-corrected chi connectivity index (χ4v) is 13.4. The molecule has 0 radical (unpaired) electrons. The third-order valence-corrected chi connectivity index (χ3v) is 15.9. The van der Waals surface area contributed by atoms with Crippen molar-refractivity contribution in [1.29, 1.82) is 0 Å². The molecule has 8 heteroatoms. The fraction of sp³-hybridized carbons (Fsp3) is 0.689. The van der Waals surface area contributed by atoms with Crippen molar-refractivity contribution in [3.63, 3.8) is 0 Å². The number of fused-ring (bicyclic) bond motifs is 7. The van der Waals surface area contributed by atoms with Crippen LogP contribution in [0.5, 0.6) is 11.5 Å². The third-order valence-electron chi connectivity index (χ3n) is 15.9. The van der Waals surface area contributed by atoms with Crippen LogP contribution in [0.2, 0.25) is 0 Å². The summed E-state index contributed by atoms with van der Waals surface area (Å²) in [6.45, 7) is 23.8. The molecular formula is C45H62O8. The topological polar surface area (TPSA) is 105 Å². The van der Waals surface area contributed by atoms with Gasteiger partial charge in [-0.2, -0.15) is 0 Å². The summed E-state index contributed by atoms with van der Waals surface area (Å²) in [4.78, 5) is 48.6. The molecule has 5 aliphatic rings. The zero-order valence-electron chi connectivity index (χ0n) is 33.6. The second kappa shape index (κ2) is 14.0. The Morgan fingerprint density at radius 1 is 0.755 bits per heavy atom. The van der Waals surface area contributed by atoms with Crippen molar-refractivity contribution in [2.45, 2.75) is 133 Å². The maximum atomic E-state index is 13.3. The van der Waals surface area contributed by atoms with Crippen LogP contribution in [0, 0.1) is 56.7 Å². The van der Waals surface area contributed by atoms with Gasteiger partial charge in [0.2, 0.25) is 0 Å². The second-order valence-corrected chi connectivity index (χ2v) is 18.8. The van der Waals surface area contributed by atoms with Crippen molar-refractivity contribution in [3.8, 4) is 11.5 Å². The van der Waals surface area contributed by atoms with E-state index in [4.69, 9.17) is 18.9 Å². The van der Waals surface area contributed by atoms with Crippen LogP contribution in [0.25, 0.3) is 6.08 Å². The van der Waals surface area contributed by atoms with Gasteiger partial charge >= 0.3 is 23.9 Å². The van der Waals surface area contributed by atoms with Gasteiger partial charge in [0.25, 0.3) is 0 Å². The minimum atomic E-state index is -0.544. The monoisotopic (exact) mass is 730 g/mol. The van der Waals surface area contributed by atoms with Gasteiger partial charge in [-0.05, 0) is 141 Å². The maximum Gasteiger partial charge on any atom is 0.331 e. The molecule has 0 aromatic heterocycles. The predicted octanol–water partition coefficient (Wildman–Crippen LogP) is 9.68. The fourth-order valence-electron chi connectivity index (χ4n) is 13.4. The van der Waals surface area contributed by atoms with E-state index in [0.29, 0.717) is 41.8 Å². The standard InChI is InChI=1S/C45H62O8/c1-27(2)32-17-22-45(26-50-28(3)46)24-23-43(9)33(40(32)45)13-15-37-42(8)20-19-38(41(6,7)36(42)18-21-44(37,43)10)53-39(49)16-12-31-11-14-34(51-29(4)47)35(25-31)52-30(5)48/h11-12,14,16,25,32-33,36-38,40H,1,13,15,17-24,26H2,2-10H3/t32-,33?,36?,37?,38-,40?,42-,43+,44+,45+/m0/s1. The van der Waals surface area contributed by atoms with Crippen LogP contribution < -0.4 is 9.47 Å². The Hall–Kier alpha value is -3.42. The van der Waals surface area contributed by atoms with E-state index in [0.717, 1.165) is 38.5 Å². The number of benzene rings is 1. The zero-order valence-corrected chi connectivity index (χ0v) is 33.6. The van der Waals surface area contributed by atoms with Gasteiger partial charge in [-0.1, -0.05) is 52.8 Å². The Kier molecular flexibility index (Phi) is 10.4. The van der Waals surface area contributed by atoms with Gasteiger partial charge in [-0.25, -0.2) is 4.79 Å². The zero-order chi connectivity index (χ0) is 38.7. The molecule has 0 bridgehead atoms. The van der Waals surface area contributed by atoms with Crippen LogP contribution in [0.3, 0.4) is 0 Å². The molecule has 0 N–H and O–H groups in total. The smallest absolute Gasteiger partial charge is 0.331 e. The normalized spacial score (nSPS) is 38.4. The molecule has 8 nitrogen and oxygen atoms in total. The lowest BCUT2D eigenvalue weighted by Gasteiger charge is -2.73. The van der Waals surface area contributed by atoms with Gasteiger partial charge in [-0.3, -0.25) is 14.4 Å². The number of hydrogen-bond donors (Lipinski definition) is 0. The number of hydrogen-bond acceptors (Lipinski definition) is 8. The van der Waals surface area contributed by atoms with Gasteiger partial charge in [0, 0.05) is 37.7 Å². The van der Waals surface area contributed by atoms with Crippen LogP contribution in [0.1, 0.15) is 132 Å². The predicted molar refractivity (Wildman–Crippen MR) is 204 cm³/mol. The highest BCUT2D eigenvalue weighted by molar-refractivity contribution is 5.87. The number of carbonyl (C=O) groups is 4. The SMILES string of the molecule is C=C(C)[C@@H]1CC[C@]2(COC(C)=O)CC[C@]3(C)C(CCC4[C@@]5(C)CC[C@H](OC(=O)C=Cc6ccc(OC(C)=O)c(OC(C)=O)c6)C(C)(C)C5CC[C@]43C)C12. The molecule has 0 aliphatic heterocycles. The Bertz CT molecular complexity index is 1690. The van der Waals surface area contributed by atoms with E-state index in [9.17, 15) is 19.2 Å². The van der Waals surface area contributed by atoms with E-state index < -0.39 is 17.9 Å². The van der Waals surface area contributed by atoms with E-state index in [1.165, 1.54) is 51.2 Å². The van der Waals surface area contributed by atoms with Gasteiger partial charge < -0.3 is 18.9 Å². The highest BCUT2D eigenvalue weighted by Crippen LogP contribution is 2.77. The highest BCUT2D eigenvalue weighted by Gasteiger charge is 2.71. The molecular weight excluding hydrogens is 668 g/mol. The number of carbonyl (C=O) groups excluding carboxylic acids is 4. The van der Waals surface area contributed by atoms with E-state index in [1.54, 1.807) is 31.2 Å². The van der Waals surface area contributed by atoms with Gasteiger partial charge in [0.1, 0.15) is 6.10 Å². The quantitative estimate of drug-likeness (QED) is 0.113. The van der Waals surface area contributed by atoms with Crippen LogP contribution in [0.15, 0.2) is 36.4 Å². The summed E-state index contributed by atoms with van der Waals surface area (Å²) in [6, 6.07) is 4.79. The van der Waals surface area contributed by atoms with E-state index in [2.05, 4.69) is 48.1 Å². The van der Waals surface area contributed by atoms with Crippen molar-refractivity contribution in [2.75, 3.05) is 6.61 Å². The number of esters is 4. The first-order valence-corrected chi connectivity index (χ1v) is 20.0. The summed E-state index contributed by atoms with van der Waals surface area (Å²) >= 11 is 0. The second-order valence-electron chi connectivity index (χ2n) is 18.8. The first kappa shape index (κ1) is 39.3. The molecule has 4 unspecified atom stereocenters. The molecule has 5 fully saturated rings. The van der Waals surface area contributed by atoms with E-state index in [1.807, 2.05) is 0 Å². The number of ether oxygens (including phenoxy) is 4. The number of rotatable bonds is 8. The molecule has 0 saturated heterocycles. The minimum absolute atomic E-state index is 0.0557. The lowest BCUT2D eigenvalue weighted by Crippen LogP contribution is -2.67. The average Bonchev–Trinajstić information content (AvgIpc) is 3.45. The maximum absolute atomic E-state index is 13.3. The van der Waals surface area contributed by atoms with Crippen LogP contribution in [-0.2, 0) is 28.7 Å². The van der Waals surface area contributed by atoms with Gasteiger partial charge in [0.05, 0.1) is 6.61 Å². The van der Waals surface area contributed by atoms with E-state index in [-0.39, 0.29) is 50.6 Å². The Labute approximate surface area is 316 Å². The molecule has 5 aliphatic carbocycles. The summed E-state index contributed by atoms with van der Waals surface area (Å²) in [5, 5.41) is 0. The van der Waals surface area contributed by atoms with Gasteiger partial charge in [-0.15, -0.1) is 0 Å². The molecule has 5 saturated carbocycles.